The van der Waals surface area contributed by atoms with Gasteiger partial charge in [0.1, 0.15) is 17.4 Å². The molecule has 0 bridgehead atoms. The first-order valence-corrected chi connectivity index (χ1v) is 12.8. The molecule has 1 saturated heterocycles. The van der Waals surface area contributed by atoms with Gasteiger partial charge in [0, 0.05) is 23.4 Å². The number of carbonyl (C=O) groups excluding carboxylic acids is 3. The van der Waals surface area contributed by atoms with E-state index < -0.39 is 17.5 Å². The van der Waals surface area contributed by atoms with E-state index in [9.17, 15) is 14.4 Å². The van der Waals surface area contributed by atoms with Gasteiger partial charge < -0.3 is 20.1 Å². The van der Waals surface area contributed by atoms with Crippen molar-refractivity contribution in [3.05, 3.63) is 107 Å². The summed E-state index contributed by atoms with van der Waals surface area (Å²) in [5.41, 5.74) is 3.36. The van der Waals surface area contributed by atoms with Gasteiger partial charge in [0.2, 0.25) is 5.91 Å². The molecule has 0 aliphatic carbocycles. The van der Waals surface area contributed by atoms with E-state index in [1.807, 2.05) is 84.9 Å². The fraction of sp³-hybridized carbons (Fsp3) is 0.161. The second-order valence-electron chi connectivity index (χ2n) is 10.1. The van der Waals surface area contributed by atoms with E-state index in [0.717, 1.165) is 11.1 Å². The Morgan fingerprint density at radius 3 is 2.44 bits per heavy atom. The average molecular weight is 517 g/mol. The first-order valence-electron chi connectivity index (χ1n) is 12.8. The Balaban J connectivity index is 1.46. The lowest BCUT2D eigenvalue weighted by molar-refractivity contribution is -0.124. The highest BCUT2D eigenvalue weighted by Gasteiger charge is 2.64. The molecule has 8 heteroatoms. The number of para-hydroxylation sites is 2. The summed E-state index contributed by atoms with van der Waals surface area (Å²) < 4.78 is 5.78. The first-order chi connectivity index (χ1) is 19.0. The van der Waals surface area contributed by atoms with Crippen LogP contribution in [-0.2, 0) is 19.9 Å². The number of anilines is 3. The minimum atomic E-state index is -1.36. The Morgan fingerprint density at radius 2 is 1.62 bits per heavy atom. The van der Waals surface area contributed by atoms with E-state index in [4.69, 9.17) is 4.52 Å². The Bertz CT molecular complexity index is 1690. The lowest BCUT2D eigenvalue weighted by atomic mass is 9.87. The van der Waals surface area contributed by atoms with Crippen LogP contribution in [0.3, 0.4) is 0 Å². The Morgan fingerprint density at radius 1 is 0.897 bits per heavy atom. The molecule has 1 spiro atoms. The van der Waals surface area contributed by atoms with Gasteiger partial charge in [-0.2, -0.15) is 0 Å². The molecule has 7 rings (SSSR count). The summed E-state index contributed by atoms with van der Waals surface area (Å²) in [4.78, 5) is 43.2. The van der Waals surface area contributed by atoms with Gasteiger partial charge in [-0.1, -0.05) is 78.0 Å². The number of Topliss-reactive ketones (excluding diaryl/α,β-unsaturated/α-hetero) is 1. The van der Waals surface area contributed by atoms with Crippen LogP contribution in [0, 0.1) is 6.92 Å². The highest BCUT2D eigenvalue weighted by molar-refractivity contribution is 6.17. The molecule has 0 saturated carbocycles. The third-order valence-electron chi connectivity index (χ3n) is 7.92. The van der Waals surface area contributed by atoms with Crippen LogP contribution >= 0.6 is 0 Å². The second kappa shape index (κ2) is 8.52. The molecule has 39 heavy (non-hydrogen) atoms. The minimum absolute atomic E-state index is 0.0844. The first kappa shape index (κ1) is 23.2. The molecule has 2 N–H and O–H groups in total. The smallest absolute Gasteiger partial charge is 0.255 e. The number of carbonyl (C=O) groups is 3. The number of ketones is 1. The quantitative estimate of drug-likeness (QED) is 0.401. The molecule has 3 atom stereocenters. The summed E-state index contributed by atoms with van der Waals surface area (Å²) in [5, 5.41) is 10.2. The van der Waals surface area contributed by atoms with Crippen LogP contribution in [0.25, 0.3) is 12.2 Å². The van der Waals surface area contributed by atoms with Gasteiger partial charge in [0.05, 0.1) is 5.92 Å². The number of rotatable bonds is 4. The van der Waals surface area contributed by atoms with Crippen molar-refractivity contribution in [2.24, 2.45) is 0 Å². The van der Waals surface area contributed by atoms with Crippen molar-refractivity contribution in [3.8, 4) is 0 Å². The summed E-state index contributed by atoms with van der Waals surface area (Å²) in [6.07, 6.45) is 3.60. The number of nitrogens with zero attached hydrogens (tertiary/aromatic N) is 2. The van der Waals surface area contributed by atoms with E-state index in [2.05, 4.69) is 15.8 Å². The number of hydrogen-bond acceptors (Lipinski definition) is 6. The highest BCUT2D eigenvalue weighted by Crippen LogP contribution is 2.55. The molecule has 4 aromatic rings. The number of fused-ring (bicyclic) bond motifs is 3. The van der Waals surface area contributed by atoms with Crippen LogP contribution in [0.4, 0.5) is 17.1 Å². The van der Waals surface area contributed by atoms with Gasteiger partial charge in [0.15, 0.2) is 17.1 Å². The third-order valence-corrected chi connectivity index (χ3v) is 7.92. The summed E-state index contributed by atoms with van der Waals surface area (Å²) in [5.74, 6) is -1.20. The lowest BCUT2D eigenvalue weighted by Gasteiger charge is -2.39. The molecular weight excluding hydrogens is 492 g/mol. The number of nitrogens with one attached hydrogen (secondary N) is 2. The van der Waals surface area contributed by atoms with Gasteiger partial charge in [0.25, 0.3) is 5.91 Å². The molecule has 3 unspecified atom stereocenters. The zero-order chi connectivity index (χ0) is 26.7. The van der Waals surface area contributed by atoms with Crippen molar-refractivity contribution < 1.29 is 18.9 Å². The monoisotopic (exact) mass is 516 g/mol. The molecule has 0 radical (unpaired) electrons. The molecule has 4 heterocycles. The molecule has 192 valence electrons. The fourth-order valence-corrected chi connectivity index (χ4v) is 6.27. The topological polar surface area (TPSA) is 105 Å². The van der Waals surface area contributed by atoms with Crippen LogP contribution in [0.15, 0.2) is 83.4 Å². The van der Waals surface area contributed by atoms with E-state index in [0.29, 0.717) is 34.1 Å². The maximum atomic E-state index is 14.1. The van der Waals surface area contributed by atoms with Gasteiger partial charge in [-0.15, -0.1) is 0 Å². The van der Waals surface area contributed by atoms with Crippen molar-refractivity contribution in [1.29, 1.82) is 0 Å². The zero-order valence-electron chi connectivity index (χ0n) is 21.0. The largest absolute Gasteiger partial charge is 0.354 e. The van der Waals surface area contributed by atoms with Crippen molar-refractivity contribution in [2.75, 3.05) is 15.5 Å². The average Bonchev–Trinajstić information content (AvgIpc) is 3.64. The van der Waals surface area contributed by atoms with Crippen LogP contribution in [-0.4, -0.2) is 28.8 Å². The molecule has 1 aromatic heterocycles. The standard InChI is InChI=1S/C31H24N4O4/c1-18-27(25(39-34-18)16-15-19-9-3-2-4-10-19)35-28(26-20-11-5-7-13-22(20)32-29(26)37)24(36)17-31(35)21-12-6-8-14-23(21)33-30(31)38/h2-16,26,28H,17H2,1H3,(H,32,37)(H,33,38)/b16-15+. The third kappa shape index (κ3) is 3.31. The van der Waals surface area contributed by atoms with E-state index in [1.165, 1.54) is 0 Å². The maximum Gasteiger partial charge on any atom is 0.255 e. The molecule has 2 amide bonds. The molecule has 8 nitrogen and oxygen atoms in total. The summed E-state index contributed by atoms with van der Waals surface area (Å²) in [6.45, 7) is 1.79. The molecule has 1 fully saturated rings. The predicted octanol–water partition coefficient (Wildman–Crippen LogP) is 4.88. The Hall–Kier alpha value is -4.98. The van der Waals surface area contributed by atoms with Gasteiger partial charge >= 0.3 is 0 Å². The lowest BCUT2D eigenvalue weighted by Crippen LogP contribution is -2.53. The van der Waals surface area contributed by atoms with Gasteiger partial charge in [-0.3, -0.25) is 14.4 Å². The fourth-order valence-electron chi connectivity index (χ4n) is 6.27. The van der Waals surface area contributed by atoms with E-state index in [1.54, 1.807) is 17.9 Å². The highest BCUT2D eigenvalue weighted by atomic mass is 16.5. The number of aryl methyl sites for hydroxylation is 1. The predicted molar refractivity (Wildman–Crippen MR) is 147 cm³/mol. The summed E-state index contributed by atoms with van der Waals surface area (Å²) in [6, 6.07) is 23.5. The van der Waals surface area contributed by atoms with Crippen LogP contribution < -0.4 is 15.5 Å². The van der Waals surface area contributed by atoms with Crippen molar-refractivity contribution in [1.82, 2.24) is 5.16 Å². The Labute approximate surface area is 224 Å². The van der Waals surface area contributed by atoms with Crippen LogP contribution in [0.1, 0.15) is 40.5 Å². The summed E-state index contributed by atoms with van der Waals surface area (Å²) >= 11 is 0. The number of amides is 2. The molecule has 3 aliphatic heterocycles. The van der Waals surface area contributed by atoms with Gasteiger partial charge in [-0.25, -0.2) is 0 Å². The number of benzene rings is 3. The minimum Gasteiger partial charge on any atom is -0.354 e. The molecular formula is C31H24N4O4. The summed E-state index contributed by atoms with van der Waals surface area (Å²) in [7, 11) is 0. The normalized spacial score (nSPS) is 23.4. The molecule has 3 aromatic carbocycles. The number of hydrogen-bond donors (Lipinski definition) is 2. The van der Waals surface area contributed by atoms with Crippen molar-refractivity contribution >= 4 is 46.8 Å². The second-order valence-corrected chi connectivity index (χ2v) is 10.1. The van der Waals surface area contributed by atoms with E-state index >= 15 is 0 Å². The van der Waals surface area contributed by atoms with Gasteiger partial charge in [-0.05, 0) is 36.3 Å². The maximum absolute atomic E-state index is 14.1. The zero-order valence-corrected chi connectivity index (χ0v) is 21.0. The van der Waals surface area contributed by atoms with Crippen LogP contribution in [0.5, 0.6) is 0 Å². The SMILES string of the molecule is Cc1noc(/C=C/c2ccccc2)c1N1C(C2C(=O)Nc3ccccc32)C(=O)CC12C(=O)Nc1ccccc12. The van der Waals surface area contributed by atoms with E-state index in [-0.39, 0.29) is 24.0 Å². The molecule has 3 aliphatic rings. The number of aromatic nitrogens is 1. The van der Waals surface area contributed by atoms with Crippen molar-refractivity contribution in [3.63, 3.8) is 0 Å². The Kier molecular flexibility index (Phi) is 5.06. The van der Waals surface area contributed by atoms with Crippen LogP contribution in [0.2, 0.25) is 0 Å². The van der Waals surface area contributed by atoms with Crippen molar-refractivity contribution in [2.45, 2.75) is 30.8 Å².